The number of nitrogens with zero attached hydrogens (tertiary/aromatic N) is 2. The summed E-state index contributed by atoms with van der Waals surface area (Å²) < 4.78 is 5.71. The molecule has 1 aliphatic heterocycles. The maximum absolute atomic E-state index is 13.1. The van der Waals surface area contributed by atoms with Gasteiger partial charge in [0.1, 0.15) is 24.2 Å². The normalized spacial score (nSPS) is 17.9. The zero-order valence-corrected chi connectivity index (χ0v) is 23.6. The van der Waals surface area contributed by atoms with Gasteiger partial charge < -0.3 is 20.5 Å². The Kier molecular flexibility index (Phi) is 10.7. The summed E-state index contributed by atoms with van der Waals surface area (Å²) in [6.45, 7) is 8.56. The molecule has 0 saturated carbocycles. The lowest BCUT2D eigenvalue weighted by Gasteiger charge is -2.35. The number of aromatic nitrogens is 1. The molecule has 11 nitrogen and oxygen atoms in total. The van der Waals surface area contributed by atoms with Gasteiger partial charge in [-0.1, -0.05) is 44.2 Å². The third kappa shape index (κ3) is 8.09. The van der Waals surface area contributed by atoms with Crippen molar-refractivity contribution in [2.45, 2.75) is 71.7 Å². The molecule has 4 atom stereocenters. The Labute approximate surface area is 234 Å². The highest BCUT2D eigenvalue weighted by Gasteiger charge is 2.33. The number of pyridine rings is 1. The number of amides is 3. The van der Waals surface area contributed by atoms with Crippen LogP contribution in [0, 0.1) is 5.92 Å². The molecule has 3 amide bonds. The molecule has 0 bridgehead atoms. The number of benzene rings is 1. The number of fused-ring (bicyclic) bond motifs is 1. The predicted molar refractivity (Wildman–Crippen MR) is 150 cm³/mol. The largest absolute Gasteiger partial charge is 0.455 e. The van der Waals surface area contributed by atoms with Crippen molar-refractivity contribution in [1.29, 1.82) is 0 Å². The average Bonchev–Trinajstić information content (AvgIpc) is 2.93. The van der Waals surface area contributed by atoms with Gasteiger partial charge >= 0.3 is 5.97 Å². The van der Waals surface area contributed by atoms with Crippen molar-refractivity contribution >= 4 is 40.7 Å². The van der Waals surface area contributed by atoms with Crippen LogP contribution in [0.2, 0.25) is 0 Å². The standard InChI is InChI=1S/C29H39N5O6/c1-17(2)26(31-20(5)36)27(37)30-18(3)28(38)34-14-6-9-24(33-34)29(39)40-19(4)23-13-12-22-11-10-21(8-7-15-35)16-25(22)32-23/h7-8,10-13,16-19,24,26,33,35H,6,9,14-15H2,1-5H3,(H,30,37)(H,31,36)/b8-7+/t18-,19+,24-,26-/m0/s1. The number of aliphatic hydroxyl groups excluding tert-OH is 1. The number of rotatable bonds is 10. The van der Waals surface area contributed by atoms with E-state index < -0.39 is 42.0 Å². The summed E-state index contributed by atoms with van der Waals surface area (Å²) in [5.74, 6) is -1.85. The topological polar surface area (TPSA) is 150 Å². The van der Waals surface area contributed by atoms with Gasteiger partial charge in [-0.25, -0.2) is 10.4 Å². The number of carbonyl (C=O) groups is 4. The maximum Gasteiger partial charge on any atom is 0.325 e. The monoisotopic (exact) mass is 553 g/mol. The van der Waals surface area contributed by atoms with Gasteiger partial charge in [0, 0.05) is 18.9 Å². The van der Waals surface area contributed by atoms with E-state index in [-0.39, 0.29) is 18.4 Å². The lowest BCUT2D eigenvalue weighted by molar-refractivity contribution is -0.157. The molecule has 1 fully saturated rings. The van der Waals surface area contributed by atoms with Crippen molar-refractivity contribution in [3.8, 4) is 0 Å². The number of hydrogen-bond donors (Lipinski definition) is 4. The summed E-state index contributed by atoms with van der Waals surface area (Å²) in [7, 11) is 0. The van der Waals surface area contributed by atoms with E-state index in [4.69, 9.17) is 9.84 Å². The van der Waals surface area contributed by atoms with E-state index >= 15 is 0 Å². The Morgan fingerprint density at radius 3 is 2.55 bits per heavy atom. The first-order chi connectivity index (χ1) is 19.0. The summed E-state index contributed by atoms with van der Waals surface area (Å²) in [6, 6.07) is 7.10. The second kappa shape index (κ2) is 14.0. The highest BCUT2D eigenvalue weighted by Crippen LogP contribution is 2.22. The fourth-order valence-electron chi connectivity index (χ4n) is 4.45. The van der Waals surface area contributed by atoms with E-state index in [2.05, 4.69) is 21.0 Å². The van der Waals surface area contributed by atoms with Crippen LogP contribution in [0.1, 0.15) is 64.8 Å². The van der Waals surface area contributed by atoms with E-state index in [0.29, 0.717) is 25.1 Å². The van der Waals surface area contributed by atoms with Crippen LogP contribution >= 0.6 is 0 Å². The van der Waals surface area contributed by atoms with Crippen molar-refractivity contribution in [2.24, 2.45) is 5.92 Å². The van der Waals surface area contributed by atoms with Crippen LogP contribution in [0.3, 0.4) is 0 Å². The quantitative estimate of drug-likeness (QED) is 0.327. The molecule has 1 aromatic carbocycles. The number of ether oxygens (including phenoxy) is 1. The van der Waals surface area contributed by atoms with Crippen molar-refractivity contribution < 1.29 is 29.0 Å². The molecule has 11 heteroatoms. The number of nitrogens with one attached hydrogen (secondary N) is 3. The molecule has 2 heterocycles. The van der Waals surface area contributed by atoms with Crippen LogP contribution in [0.25, 0.3) is 17.0 Å². The van der Waals surface area contributed by atoms with E-state index in [1.807, 2.05) is 30.3 Å². The first-order valence-electron chi connectivity index (χ1n) is 13.5. The fourth-order valence-corrected chi connectivity index (χ4v) is 4.45. The van der Waals surface area contributed by atoms with Crippen molar-refractivity contribution in [2.75, 3.05) is 13.2 Å². The van der Waals surface area contributed by atoms with Crippen molar-refractivity contribution in [3.05, 3.63) is 47.7 Å². The lowest BCUT2D eigenvalue weighted by Crippen LogP contribution is -2.60. The third-order valence-corrected chi connectivity index (χ3v) is 6.64. The summed E-state index contributed by atoms with van der Waals surface area (Å²) in [6.07, 6.45) is 3.88. The minimum atomic E-state index is -0.873. The van der Waals surface area contributed by atoms with Crippen LogP contribution in [0.5, 0.6) is 0 Å². The van der Waals surface area contributed by atoms with Gasteiger partial charge in [0.15, 0.2) is 0 Å². The number of esters is 1. The van der Waals surface area contributed by atoms with E-state index in [1.165, 1.54) is 11.9 Å². The zero-order valence-electron chi connectivity index (χ0n) is 23.6. The summed E-state index contributed by atoms with van der Waals surface area (Å²) >= 11 is 0. The average molecular weight is 554 g/mol. The highest BCUT2D eigenvalue weighted by atomic mass is 16.5. The smallest absolute Gasteiger partial charge is 0.325 e. The van der Waals surface area contributed by atoms with Gasteiger partial charge in [-0.3, -0.25) is 24.2 Å². The molecule has 3 rings (SSSR count). The molecule has 1 aliphatic rings. The van der Waals surface area contributed by atoms with Crippen LogP contribution in [0.4, 0.5) is 0 Å². The van der Waals surface area contributed by atoms with Gasteiger partial charge in [0.05, 0.1) is 17.8 Å². The number of aliphatic hydroxyl groups is 1. The third-order valence-electron chi connectivity index (χ3n) is 6.64. The fraction of sp³-hybridized carbons (Fsp3) is 0.483. The molecule has 216 valence electrons. The van der Waals surface area contributed by atoms with Gasteiger partial charge in [-0.05, 0) is 50.3 Å². The van der Waals surface area contributed by atoms with Crippen LogP contribution in [-0.4, -0.2) is 70.1 Å². The molecule has 1 aromatic heterocycles. The highest BCUT2D eigenvalue weighted by molar-refractivity contribution is 5.92. The Morgan fingerprint density at radius 1 is 1.15 bits per heavy atom. The number of hydrogen-bond acceptors (Lipinski definition) is 8. The Hall–Kier alpha value is -3.83. The molecular formula is C29H39N5O6. The van der Waals surface area contributed by atoms with Gasteiger partial charge in [-0.2, -0.15) is 0 Å². The van der Waals surface area contributed by atoms with E-state index in [1.54, 1.807) is 39.8 Å². The maximum atomic E-state index is 13.1. The van der Waals surface area contributed by atoms with Crippen LogP contribution in [0.15, 0.2) is 36.4 Å². The van der Waals surface area contributed by atoms with Gasteiger partial charge in [0.2, 0.25) is 11.8 Å². The Morgan fingerprint density at radius 2 is 1.88 bits per heavy atom. The summed E-state index contributed by atoms with van der Waals surface area (Å²) in [5.41, 5.74) is 5.16. The second-order valence-electron chi connectivity index (χ2n) is 10.3. The molecule has 0 radical (unpaired) electrons. The minimum absolute atomic E-state index is 0.0541. The SMILES string of the molecule is CC(=O)N[C@H](C(=O)N[C@@H](C)C(=O)N1CCC[C@@H](C(=O)O[C@H](C)c2ccc3ccc(/C=C/CO)cc3n2)N1)C(C)C. The van der Waals surface area contributed by atoms with E-state index in [0.717, 1.165) is 16.5 Å². The second-order valence-corrected chi connectivity index (χ2v) is 10.3. The molecule has 0 unspecified atom stereocenters. The van der Waals surface area contributed by atoms with Gasteiger partial charge in [-0.15, -0.1) is 0 Å². The zero-order chi connectivity index (χ0) is 29.4. The van der Waals surface area contributed by atoms with Crippen LogP contribution < -0.4 is 16.1 Å². The molecule has 1 saturated heterocycles. The first-order valence-corrected chi connectivity index (χ1v) is 13.5. The first kappa shape index (κ1) is 30.7. The number of hydrazine groups is 1. The number of carbonyl (C=O) groups excluding carboxylic acids is 4. The van der Waals surface area contributed by atoms with Gasteiger partial charge in [0.25, 0.3) is 5.91 Å². The molecule has 4 N–H and O–H groups in total. The van der Waals surface area contributed by atoms with Crippen molar-refractivity contribution in [3.63, 3.8) is 0 Å². The Balaban J connectivity index is 1.61. The summed E-state index contributed by atoms with van der Waals surface area (Å²) in [4.78, 5) is 54.9. The van der Waals surface area contributed by atoms with Crippen molar-refractivity contribution in [1.82, 2.24) is 26.1 Å². The summed E-state index contributed by atoms with van der Waals surface area (Å²) in [5, 5.41) is 16.6. The predicted octanol–water partition coefficient (Wildman–Crippen LogP) is 2.01. The lowest BCUT2D eigenvalue weighted by atomic mass is 10.0. The molecule has 40 heavy (non-hydrogen) atoms. The molecule has 0 spiro atoms. The Bertz CT molecular complexity index is 1260. The molecule has 0 aliphatic carbocycles. The van der Waals surface area contributed by atoms with Crippen LogP contribution in [-0.2, 0) is 23.9 Å². The molecular weight excluding hydrogens is 514 g/mol. The van der Waals surface area contributed by atoms with E-state index in [9.17, 15) is 19.2 Å². The molecule has 2 aromatic rings. The minimum Gasteiger partial charge on any atom is -0.455 e.